The van der Waals surface area contributed by atoms with Crippen LogP contribution in [0.25, 0.3) is 0 Å². The number of methoxy groups -OCH3 is 1. The minimum atomic E-state index is -0.533. The molecule has 1 rings (SSSR count). The van der Waals surface area contributed by atoms with Crippen LogP contribution in [-0.4, -0.2) is 48.7 Å². The van der Waals surface area contributed by atoms with E-state index in [4.69, 9.17) is 9.47 Å². The third kappa shape index (κ3) is 5.17. The molecule has 0 N–H and O–H groups in total. The molecule has 5 nitrogen and oxygen atoms in total. The second-order valence-electron chi connectivity index (χ2n) is 5.31. The Hall–Kier alpha value is -1.10. The van der Waals surface area contributed by atoms with E-state index in [-0.39, 0.29) is 25.0 Å². The molecule has 98 valence electrons. The van der Waals surface area contributed by atoms with Gasteiger partial charge in [0.15, 0.2) is 5.78 Å². The summed E-state index contributed by atoms with van der Waals surface area (Å²) in [5, 5.41) is 0. The number of carbonyl (C=O) groups excluding carboxylic acids is 2. The predicted octanol–water partition coefficient (Wildman–Crippen LogP) is 1.60. The lowest BCUT2D eigenvalue weighted by Gasteiger charge is -2.26. The lowest BCUT2D eigenvalue weighted by Crippen LogP contribution is -2.41. The minimum Gasteiger partial charge on any atom is -0.444 e. The van der Waals surface area contributed by atoms with E-state index in [1.54, 1.807) is 0 Å². The standard InChI is InChI=1S/C12H21NO4/c1-12(2,3)17-11(15)13(9-5-6-9)7-10(14)8-16-4/h9H,5-8H2,1-4H3. The first-order chi connectivity index (χ1) is 7.83. The van der Waals surface area contributed by atoms with Gasteiger partial charge >= 0.3 is 6.09 Å². The summed E-state index contributed by atoms with van der Waals surface area (Å²) in [6.45, 7) is 5.55. The van der Waals surface area contributed by atoms with E-state index in [0.717, 1.165) is 12.8 Å². The number of ether oxygens (including phenoxy) is 2. The number of rotatable bonds is 5. The molecule has 0 aromatic rings. The summed E-state index contributed by atoms with van der Waals surface area (Å²) >= 11 is 0. The van der Waals surface area contributed by atoms with Crippen molar-refractivity contribution in [1.82, 2.24) is 4.90 Å². The van der Waals surface area contributed by atoms with Crippen molar-refractivity contribution in [3.8, 4) is 0 Å². The third-order valence-corrected chi connectivity index (χ3v) is 2.27. The molecule has 5 heteroatoms. The van der Waals surface area contributed by atoms with Crippen molar-refractivity contribution in [2.45, 2.75) is 45.3 Å². The van der Waals surface area contributed by atoms with E-state index in [9.17, 15) is 9.59 Å². The number of ketones is 1. The molecule has 1 fully saturated rings. The number of Topliss-reactive ketones (excluding diaryl/α,β-unsaturated/α-hetero) is 1. The quantitative estimate of drug-likeness (QED) is 0.736. The van der Waals surface area contributed by atoms with Gasteiger partial charge in [0.1, 0.15) is 12.2 Å². The van der Waals surface area contributed by atoms with Gasteiger partial charge in [0.25, 0.3) is 0 Å². The van der Waals surface area contributed by atoms with Crippen LogP contribution in [0.2, 0.25) is 0 Å². The van der Waals surface area contributed by atoms with Crippen LogP contribution < -0.4 is 0 Å². The van der Waals surface area contributed by atoms with Crippen LogP contribution in [0.3, 0.4) is 0 Å². The van der Waals surface area contributed by atoms with Crippen molar-refractivity contribution in [3.05, 3.63) is 0 Å². The Morgan fingerprint density at radius 1 is 1.29 bits per heavy atom. The van der Waals surface area contributed by atoms with Crippen LogP contribution >= 0.6 is 0 Å². The summed E-state index contributed by atoms with van der Waals surface area (Å²) < 4.78 is 10.0. The van der Waals surface area contributed by atoms with Gasteiger partial charge in [-0.3, -0.25) is 9.69 Å². The normalized spacial score (nSPS) is 15.5. The first kappa shape index (κ1) is 14.0. The van der Waals surface area contributed by atoms with Crippen LogP contribution in [0.15, 0.2) is 0 Å². The van der Waals surface area contributed by atoms with Crippen molar-refractivity contribution in [3.63, 3.8) is 0 Å². The van der Waals surface area contributed by atoms with Gasteiger partial charge in [0, 0.05) is 13.2 Å². The number of hydrogen-bond donors (Lipinski definition) is 0. The second-order valence-corrected chi connectivity index (χ2v) is 5.31. The molecule has 0 atom stereocenters. The smallest absolute Gasteiger partial charge is 0.410 e. The maximum Gasteiger partial charge on any atom is 0.410 e. The number of amides is 1. The summed E-state index contributed by atoms with van der Waals surface area (Å²) in [6.07, 6.45) is 1.48. The average Bonchev–Trinajstić information content (AvgIpc) is 2.94. The van der Waals surface area contributed by atoms with Crippen LogP contribution in [-0.2, 0) is 14.3 Å². The number of nitrogens with zero attached hydrogens (tertiary/aromatic N) is 1. The van der Waals surface area contributed by atoms with Gasteiger partial charge in [0.2, 0.25) is 0 Å². The maximum absolute atomic E-state index is 11.9. The molecule has 0 aliphatic heterocycles. The molecule has 1 aliphatic rings. The van der Waals surface area contributed by atoms with Crippen molar-refractivity contribution < 1.29 is 19.1 Å². The molecule has 1 amide bonds. The van der Waals surface area contributed by atoms with E-state index in [2.05, 4.69) is 0 Å². The Kier molecular flexibility index (Phi) is 4.51. The Labute approximate surface area is 102 Å². The van der Waals surface area contributed by atoms with E-state index < -0.39 is 11.7 Å². The number of carbonyl (C=O) groups is 2. The van der Waals surface area contributed by atoms with Gasteiger partial charge in [-0.2, -0.15) is 0 Å². The summed E-state index contributed by atoms with van der Waals surface area (Å²) in [5.41, 5.74) is -0.533. The summed E-state index contributed by atoms with van der Waals surface area (Å²) in [7, 11) is 1.47. The zero-order valence-electron chi connectivity index (χ0n) is 11.0. The zero-order chi connectivity index (χ0) is 13.1. The monoisotopic (exact) mass is 243 g/mol. The van der Waals surface area contributed by atoms with Crippen LogP contribution in [0.4, 0.5) is 4.79 Å². The second kappa shape index (κ2) is 5.49. The molecule has 1 saturated carbocycles. The van der Waals surface area contributed by atoms with E-state index in [1.807, 2.05) is 20.8 Å². The van der Waals surface area contributed by atoms with Gasteiger partial charge in [-0.15, -0.1) is 0 Å². The fourth-order valence-corrected chi connectivity index (χ4v) is 1.45. The van der Waals surface area contributed by atoms with Crippen molar-refractivity contribution in [2.24, 2.45) is 0 Å². The molecule has 0 unspecified atom stereocenters. The molecule has 0 heterocycles. The molecule has 0 bridgehead atoms. The zero-order valence-corrected chi connectivity index (χ0v) is 11.0. The summed E-state index contributed by atoms with van der Waals surface area (Å²) in [4.78, 5) is 24.9. The molecule has 17 heavy (non-hydrogen) atoms. The minimum absolute atomic E-state index is 0.0337. The van der Waals surface area contributed by atoms with Gasteiger partial charge in [0.05, 0.1) is 6.54 Å². The maximum atomic E-state index is 11.9. The Morgan fingerprint density at radius 2 is 1.88 bits per heavy atom. The molecular formula is C12H21NO4. The van der Waals surface area contributed by atoms with Crippen molar-refractivity contribution in [2.75, 3.05) is 20.3 Å². The molecule has 0 radical (unpaired) electrons. The molecule has 0 saturated heterocycles. The number of hydrogen-bond acceptors (Lipinski definition) is 4. The topological polar surface area (TPSA) is 55.8 Å². The highest BCUT2D eigenvalue weighted by molar-refractivity contribution is 5.85. The first-order valence-electron chi connectivity index (χ1n) is 5.84. The Balaban J connectivity index is 2.53. The lowest BCUT2D eigenvalue weighted by atomic mass is 10.2. The van der Waals surface area contributed by atoms with Gasteiger partial charge in [-0.25, -0.2) is 4.79 Å². The van der Waals surface area contributed by atoms with Crippen molar-refractivity contribution in [1.29, 1.82) is 0 Å². The predicted molar refractivity (Wildman–Crippen MR) is 62.8 cm³/mol. The van der Waals surface area contributed by atoms with Crippen LogP contribution in [0, 0.1) is 0 Å². The summed E-state index contributed by atoms with van der Waals surface area (Å²) in [6, 6.07) is 0.158. The van der Waals surface area contributed by atoms with E-state index in [0.29, 0.717) is 0 Å². The highest BCUT2D eigenvalue weighted by Crippen LogP contribution is 2.28. The average molecular weight is 243 g/mol. The fraction of sp³-hybridized carbons (Fsp3) is 0.833. The van der Waals surface area contributed by atoms with E-state index in [1.165, 1.54) is 12.0 Å². The molecule has 0 spiro atoms. The third-order valence-electron chi connectivity index (χ3n) is 2.27. The van der Waals surface area contributed by atoms with Gasteiger partial charge in [-0.05, 0) is 33.6 Å². The van der Waals surface area contributed by atoms with Gasteiger partial charge in [-0.1, -0.05) is 0 Å². The van der Waals surface area contributed by atoms with Crippen LogP contribution in [0.1, 0.15) is 33.6 Å². The molecule has 0 aromatic carbocycles. The first-order valence-corrected chi connectivity index (χ1v) is 5.84. The highest BCUT2D eigenvalue weighted by atomic mass is 16.6. The fourth-order valence-electron chi connectivity index (χ4n) is 1.45. The highest BCUT2D eigenvalue weighted by Gasteiger charge is 2.36. The molecule has 0 aromatic heterocycles. The summed E-state index contributed by atoms with van der Waals surface area (Å²) in [5.74, 6) is -0.106. The SMILES string of the molecule is COCC(=O)CN(C(=O)OC(C)(C)C)C1CC1. The van der Waals surface area contributed by atoms with Crippen molar-refractivity contribution >= 4 is 11.9 Å². The Morgan fingerprint density at radius 3 is 2.29 bits per heavy atom. The van der Waals surface area contributed by atoms with Crippen LogP contribution in [0.5, 0.6) is 0 Å². The Bertz CT molecular complexity index is 291. The van der Waals surface area contributed by atoms with Gasteiger partial charge < -0.3 is 9.47 Å². The lowest BCUT2D eigenvalue weighted by molar-refractivity contribution is -0.124. The molecular weight excluding hydrogens is 222 g/mol. The molecule has 1 aliphatic carbocycles. The largest absolute Gasteiger partial charge is 0.444 e. The van der Waals surface area contributed by atoms with E-state index >= 15 is 0 Å².